The minimum Gasteiger partial charge on any atom is -0.374 e. The predicted molar refractivity (Wildman–Crippen MR) is 77.5 cm³/mol. The zero-order valence-electron chi connectivity index (χ0n) is 10.4. The summed E-state index contributed by atoms with van der Waals surface area (Å²) in [5.74, 6) is -2.93. The molecule has 2 aromatic rings. The van der Waals surface area contributed by atoms with Gasteiger partial charge in [-0.25, -0.2) is 13.2 Å². The third-order valence-electron chi connectivity index (χ3n) is 2.80. The number of halogens is 5. The van der Waals surface area contributed by atoms with E-state index in [9.17, 15) is 13.2 Å². The molecule has 0 radical (unpaired) electrons. The minimum absolute atomic E-state index is 0.377. The second-order valence-corrected chi connectivity index (χ2v) is 5.60. The highest BCUT2D eigenvalue weighted by Gasteiger charge is 2.16. The maximum Gasteiger partial charge on any atom is 0.152 e. The smallest absolute Gasteiger partial charge is 0.152 e. The van der Waals surface area contributed by atoms with Crippen LogP contribution in [-0.2, 0) is 0 Å². The van der Waals surface area contributed by atoms with Crippen LogP contribution in [0.5, 0.6) is 0 Å². The van der Waals surface area contributed by atoms with Crippen LogP contribution in [0, 0.1) is 17.5 Å². The molecule has 0 aliphatic heterocycles. The molecule has 0 aromatic heterocycles. The molecule has 1 atom stereocenters. The molecule has 0 amide bonds. The summed E-state index contributed by atoms with van der Waals surface area (Å²) in [6.45, 7) is 1.71. The molecule has 0 fully saturated rings. The Labute approximate surface area is 127 Å². The Morgan fingerprint density at radius 1 is 1.10 bits per heavy atom. The molecule has 2 aromatic carbocycles. The Kier molecular flexibility index (Phi) is 4.60. The van der Waals surface area contributed by atoms with Gasteiger partial charge in [0.2, 0.25) is 0 Å². The average molecular weight is 365 g/mol. The topological polar surface area (TPSA) is 12.0 Å². The molecular weight excluding hydrogens is 355 g/mol. The van der Waals surface area contributed by atoms with E-state index in [1.165, 1.54) is 0 Å². The van der Waals surface area contributed by atoms with Crippen LogP contribution in [0.25, 0.3) is 0 Å². The van der Waals surface area contributed by atoms with Crippen LogP contribution < -0.4 is 5.32 Å². The van der Waals surface area contributed by atoms with Crippen molar-refractivity contribution in [1.82, 2.24) is 0 Å². The van der Waals surface area contributed by atoms with E-state index >= 15 is 0 Å². The number of anilines is 1. The summed E-state index contributed by atoms with van der Waals surface area (Å²) < 4.78 is 40.8. The van der Waals surface area contributed by atoms with Crippen LogP contribution in [0.3, 0.4) is 0 Å². The van der Waals surface area contributed by atoms with Gasteiger partial charge in [0.25, 0.3) is 0 Å². The van der Waals surface area contributed by atoms with Gasteiger partial charge in [-0.05, 0) is 24.6 Å². The van der Waals surface area contributed by atoms with Crippen LogP contribution in [0.1, 0.15) is 18.5 Å². The molecule has 0 saturated carbocycles. The monoisotopic (exact) mass is 363 g/mol. The summed E-state index contributed by atoms with van der Waals surface area (Å²) >= 11 is 9.35. The van der Waals surface area contributed by atoms with Gasteiger partial charge in [-0.3, -0.25) is 0 Å². The van der Waals surface area contributed by atoms with E-state index in [-0.39, 0.29) is 5.69 Å². The molecule has 1 unspecified atom stereocenters. The number of hydrogen-bond acceptors (Lipinski definition) is 1. The number of rotatable bonds is 3. The Bertz CT molecular complexity index is 625. The highest BCUT2D eigenvalue weighted by atomic mass is 79.9. The van der Waals surface area contributed by atoms with Crippen molar-refractivity contribution in [3.8, 4) is 0 Å². The Hall–Kier alpha value is -1.20. The zero-order chi connectivity index (χ0) is 14.9. The lowest BCUT2D eigenvalue weighted by molar-refractivity contribution is 0.545. The van der Waals surface area contributed by atoms with Crippen molar-refractivity contribution in [3.05, 3.63) is 62.8 Å². The van der Waals surface area contributed by atoms with Gasteiger partial charge in [0.15, 0.2) is 11.6 Å². The third kappa shape index (κ3) is 3.27. The molecule has 0 bridgehead atoms. The van der Waals surface area contributed by atoms with Gasteiger partial charge in [-0.1, -0.05) is 33.6 Å². The Morgan fingerprint density at radius 3 is 2.25 bits per heavy atom. The van der Waals surface area contributed by atoms with Gasteiger partial charge in [-0.2, -0.15) is 0 Å². The Balaban J connectivity index is 2.30. The van der Waals surface area contributed by atoms with Gasteiger partial charge in [0.1, 0.15) is 11.5 Å². The molecule has 0 heterocycles. The molecule has 1 N–H and O–H groups in total. The lowest BCUT2D eigenvalue weighted by atomic mass is 10.1. The Morgan fingerprint density at radius 2 is 1.70 bits per heavy atom. The van der Waals surface area contributed by atoms with Gasteiger partial charge < -0.3 is 5.32 Å². The van der Waals surface area contributed by atoms with E-state index in [0.29, 0.717) is 22.7 Å². The largest absolute Gasteiger partial charge is 0.374 e. The standard InChI is InChI=1S/C14H10BrClF3N/c1-7(10-3-2-8(15)4-11(10)16)20-14-12(18)5-9(17)6-13(14)19/h2-7,20H,1H3. The second-order valence-electron chi connectivity index (χ2n) is 4.28. The molecule has 2 rings (SSSR count). The molecule has 20 heavy (non-hydrogen) atoms. The quantitative estimate of drug-likeness (QED) is 0.737. The lowest BCUT2D eigenvalue weighted by Crippen LogP contribution is -2.10. The first-order valence-corrected chi connectivity index (χ1v) is 6.91. The molecule has 106 valence electrons. The number of benzene rings is 2. The van der Waals surface area contributed by atoms with E-state index in [1.807, 2.05) is 0 Å². The SMILES string of the molecule is CC(Nc1c(F)cc(F)cc1F)c1ccc(Br)cc1Cl. The summed E-state index contributed by atoms with van der Waals surface area (Å²) in [5.41, 5.74) is 0.302. The number of hydrogen-bond donors (Lipinski definition) is 1. The van der Waals surface area contributed by atoms with E-state index in [4.69, 9.17) is 11.6 Å². The van der Waals surface area contributed by atoms with E-state index in [1.54, 1.807) is 25.1 Å². The van der Waals surface area contributed by atoms with E-state index in [2.05, 4.69) is 21.2 Å². The molecule has 0 spiro atoms. The average Bonchev–Trinajstić information content (AvgIpc) is 2.33. The van der Waals surface area contributed by atoms with Gasteiger partial charge in [0.05, 0.1) is 6.04 Å². The molecule has 0 aliphatic rings. The zero-order valence-corrected chi connectivity index (χ0v) is 12.7. The van der Waals surface area contributed by atoms with Crippen molar-refractivity contribution in [2.45, 2.75) is 13.0 Å². The second kappa shape index (κ2) is 6.06. The molecule has 0 saturated heterocycles. The summed E-state index contributed by atoms with van der Waals surface area (Å²) in [6.07, 6.45) is 0. The fraction of sp³-hybridized carbons (Fsp3) is 0.143. The van der Waals surface area contributed by atoms with Crippen molar-refractivity contribution < 1.29 is 13.2 Å². The highest BCUT2D eigenvalue weighted by molar-refractivity contribution is 9.10. The van der Waals surface area contributed by atoms with Crippen LogP contribution in [0.2, 0.25) is 5.02 Å². The molecule has 6 heteroatoms. The van der Waals surface area contributed by atoms with Crippen LogP contribution >= 0.6 is 27.5 Å². The first kappa shape index (κ1) is 15.2. The first-order chi connectivity index (χ1) is 9.38. The van der Waals surface area contributed by atoms with E-state index in [0.717, 1.165) is 4.47 Å². The summed E-state index contributed by atoms with van der Waals surface area (Å²) in [7, 11) is 0. The first-order valence-electron chi connectivity index (χ1n) is 5.74. The fourth-order valence-electron chi connectivity index (χ4n) is 1.83. The van der Waals surface area contributed by atoms with Crippen LogP contribution in [-0.4, -0.2) is 0 Å². The predicted octanol–water partition coefficient (Wildman–Crippen LogP) is 5.69. The molecule has 0 aliphatic carbocycles. The van der Waals surface area contributed by atoms with Crippen molar-refractivity contribution in [2.24, 2.45) is 0 Å². The van der Waals surface area contributed by atoms with Crippen LogP contribution in [0.15, 0.2) is 34.8 Å². The number of nitrogens with one attached hydrogen (secondary N) is 1. The van der Waals surface area contributed by atoms with Gasteiger partial charge in [-0.15, -0.1) is 0 Å². The van der Waals surface area contributed by atoms with Crippen molar-refractivity contribution in [3.63, 3.8) is 0 Å². The van der Waals surface area contributed by atoms with Crippen LogP contribution in [0.4, 0.5) is 18.9 Å². The third-order valence-corrected chi connectivity index (χ3v) is 3.62. The summed E-state index contributed by atoms with van der Waals surface area (Å²) in [6, 6.07) is 6.01. The van der Waals surface area contributed by atoms with E-state index < -0.39 is 23.5 Å². The maximum atomic E-state index is 13.6. The lowest BCUT2D eigenvalue weighted by Gasteiger charge is -2.18. The summed E-state index contributed by atoms with van der Waals surface area (Å²) in [4.78, 5) is 0. The highest BCUT2D eigenvalue weighted by Crippen LogP contribution is 2.30. The molecular formula is C14H10BrClF3N. The van der Waals surface area contributed by atoms with Gasteiger partial charge in [0, 0.05) is 21.6 Å². The fourth-order valence-corrected chi connectivity index (χ4v) is 2.66. The van der Waals surface area contributed by atoms with Crippen molar-refractivity contribution in [1.29, 1.82) is 0 Å². The van der Waals surface area contributed by atoms with Crippen molar-refractivity contribution in [2.75, 3.05) is 5.32 Å². The van der Waals surface area contributed by atoms with Gasteiger partial charge >= 0.3 is 0 Å². The summed E-state index contributed by atoms with van der Waals surface area (Å²) in [5, 5.41) is 3.13. The normalized spacial score (nSPS) is 12.3. The molecule has 1 nitrogen and oxygen atoms in total. The maximum absolute atomic E-state index is 13.6. The van der Waals surface area contributed by atoms with Crippen molar-refractivity contribution >= 4 is 33.2 Å². The minimum atomic E-state index is -0.984.